The predicted octanol–water partition coefficient (Wildman–Crippen LogP) is 6.62. The lowest BCUT2D eigenvalue weighted by Crippen LogP contribution is -2.21. The number of aromatic nitrogens is 1. The minimum Gasteiger partial charge on any atom is -0.306 e. The van der Waals surface area contributed by atoms with Crippen molar-refractivity contribution in [3.8, 4) is 11.1 Å². The summed E-state index contributed by atoms with van der Waals surface area (Å²) < 4.78 is 40.9. The number of pyridine rings is 1. The summed E-state index contributed by atoms with van der Waals surface area (Å²) in [4.78, 5) is 16.7. The first-order valence-electron chi connectivity index (χ1n) is 8.78. The number of carbonyl (C=O) groups excluding carboxylic acids is 1. The molecule has 150 valence electrons. The number of amides is 2. The van der Waals surface area contributed by atoms with Crippen molar-refractivity contribution in [1.82, 2.24) is 4.98 Å². The first-order chi connectivity index (χ1) is 14.4. The van der Waals surface area contributed by atoms with E-state index in [9.17, 15) is 18.0 Å². The number of carbonyl (C=O) groups is 1. The van der Waals surface area contributed by atoms with E-state index < -0.39 is 23.5 Å². The molecule has 30 heavy (non-hydrogen) atoms. The molecule has 8 heteroatoms. The molecule has 0 unspecified atom stereocenters. The fraction of sp³-hybridized carbons (Fsp3) is 0. The molecule has 1 aromatic heterocycles. The summed E-state index contributed by atoms with van der Waals surface area (Å²) in [6.45, 7) is 0. The molecule has 0 aliphatic heterocycles. The van der Waals surface area contributed by atoms with Crippen molar-refractivity contribution in [1.29, 1.82) is 0 Å². The maximum Gasteiger partial charge on any atom is 0.323 e. The van der Waals surface area contributed by atoms with E-state index in [4.69, 9.17) is 11.6 Å². The van der Waals surface area contributed by atoms with E-state index in [1.807, 2.05) is 0 Å². The van der Waals surface area contributed by atoms with Gasteiger partial charge in [-0.3, -0.25) is 4.98 Å². The third-order valence-electron chi connectivity index (χ3n) is 4.40. The number of nitrogens with one attached hydrogen (secondary N) is 2. The van der Waals surface area contributed by atoms with E-state index in [1.165, 1.54) is 24.4 Å². The lowest BCUT2D eigenvalue weighted by atomic mass is 9.99. The van der Waals surface area contributed by atoms with Gasteiger partial charge in [0.15, 0.2) is 0 Å². The summed E-state index contributed by atoms with van der Waals surface area (Å²) in [6, 6.07) is 13.0. The molecule has 1 heterocycles. The summed E-state index contributed by atoms with van der Waals surface area (Å²) in [6.07, 6.45) is 1.40. The van der Waals surface area contributed by atoms with Crippen molar-refractivity contribution in [3.63, 3.8) is 0 Å². The van der Waals surface area contributed by atoms with Gasteiger partial charge in [-0.2, -0.15) is 0 Å². The molecular weight excluding hydrogens is 415 g/mol. The molecule has 2 amide bonds. The molecule has 0 saturated heterocycles. The minimum atomic E-state index is -0.921. The average molecular weight is 428 g/mol. The predicted molar refractivity (Wildman–Crippen MR) is 111 cm³/mol. The van der Waals surface area contributed by atoms with E-state index in [2.05, 4.69) is 15.6 Å². The number of nitrogens with zero attached hydrogens (tertiary/aromatic N) is 1. The molecule has 4 rings (SSSR count). The zero-order chi connectivity index (χ0) is 21.3. The number of hydrogen-bond donors (Lipinski definition) is 2. The Kier molecular flexibility index (Phi) is 5.29. The fourth-order valence-electron chi connectivity index (χ4n) is 3.08. The molecule has 0 aliphatic carbocycles. The maximum atomic E-state index is 14.0. The van der Waals surface area contributed by atoms with Gasteiger partial charge < -0.3 is 10.6 Å². The van der Waals surface area contributed by atoms with Gasteiger partial charge in [0.05, 0.1) is 23.1 Å². The molecule has 3 aromatic carbocycles. The molecule has 0 fully saturated rings. The second-order valence-corrected chi connectivity index (χ2v) is 6.80. The minimum absolute atomic E-state index is 0.201. The van der Waals surface area contributed by atoms with Crippen molar-refractivity contribution >= 4 is 39.9 Å². The second kappa shape index (κ2) is 8.04. The zero-order valence-electron chi connectivity index (χ0n) is 15.2. The lowest BCUT2D eigenvalue weighted by Gasteiger charge is -2.16. The van der Waals surface area contributed by atoms with Gasteiger partial charge >= 0.3 is 6.03 Å². The molecule has 0 aliphatic rings. The molecule has 0 bridgehead atoms. The molecular formula is C22H13ClF3N3O. The van der Waals surface area contributed by atoms with Crippen LogP contribution in [0.4, 0.5) is 29.3 Å². The Bertz CT molecular complexity index is 1280. The van der Waals surface area contributed by atoms with Crippen LogP contribution in [0.3, 0.4) is 0 Å². The van der Waals surface area contributed by atoms with Gasteiger partial charge in [-0.1, -0.05) is 29.8 Å². The Labute approximate surface area is 174 Å². The van der Waals surface area contributed by atoms with Crippen molar-refractivity contribution in [3.05, 3.63) is 89.3 Å². The summed E-state index contributed by atoms with van der Waals surface area (Å²) >= 11 is 6.35. The third-order valence-corrected chi connectivity index (χ3v) is 4.73. The number of benzene rings is 3. The zero-order valence-corrected chi connectivity index (χ0v) is 16.0. The molecule has 0 spiro atoms. The van der Waals surface area contributed by atoms with Gasteiger partial charge in [0.25, 0.3) is 0 Å². The van der Waals surface area contributed by atoms with Gasteiger partial charge in [-0.15, -0.1) is 0 Å². The van der Waals surface area contributed by atoms with Crippen LogP contribution in [0.15, 0.2) is 66.9 Å². The number of fused-ring (bicyclic) bond motifs is 1. The van der Waals surface area contributed by atoms with Crippen molar-refractivity contribution < 1.29 is 18.0 Å². The molecule has 4 nitrogen and oxygen atoms in total. The topological polar surface area (TPSA) is 54.0 Å². The van der Waals surface area contributed by atoms with Gasteiger partial charge in [-0.05, 0) is 36.4 Å². The monoisotopic (exact) mass is 427 g/mol. The van der Waals surface area contributed by atoms with E-state index in [0.717, 1.165) is 12.1 Å². The van der Waals surface area contributed by atoms with E-state index >= 15 is 0 Å². The maximum absolute atomic E-state index is 14.0. The average Bonchev–Trinajstić information content (AvgIpc) is 2.71. The fourth-order valence-corrected chi connectivity index (χ4v) is 3.31. The van der Waals surface area contributed by atoms with Crippen LogP contribution in [0.2, 0.25) is 5.02 Å². The summed E-state index contributed by atoms with van der Waals surface area (Å²) in [7, 11) is 0. The smallest absolute Gasteiger partial charge is 0.306 e. The Hall–Kier alpha value is -3.58. The van der Waals surface area contributed by atoms with Crippen LogP contribution in [-0.4, -0.2) is 11.0 Å². The van der Waals surface area contributed by atoms with E-state index in [-0.39, 0.29) is 11.4 Å². The van der Waals surface area contributed by atoms with Gasteiger partial charge in [-0.25, -0.2) is 18.0 Å². The molecule has 0 saturated carbocycles. The van der Waals surface area contributed by atoms with Gasteiger partial charge in [0.1, 0.15) is 17.5 Å². The van der Waals surface area contributed by atoms with E-state index in [1.54, 1.807) is 24.3 Å². The Morgan fingerprint density at radius 2 is 1.57 bits per heavy atom. The number of hydrogen-bond acceptors (Lipinski definition) is 2. The molecule has 2 N–H and O–H groups in total. The normalized spacial score (nSPS) is 10.8. The summed E-state index contributed by atoms with van der Waals surface area (Å²) in [5.41, 5.74) is 1.55. The summed E-state index contributed by atoms with van der Waals surface area (Å²) in [5, 5.41) is 5.73. The highest BCUT2D eigenvalue weighted by Gasteiger charge is 2.17. The largest absolute Gasteiger partial charge is 0.323 e. The summed E-state index contributed by atoms with van der Waals surface area (Å²) in [5.74, 6) is -2.16. The third kappa shape index (κ3) is 3.92. The number of rotatable bonds is 3. The van der Waals surface area contributed by atoms with Crippen LogP contribution in [0.25, 0.3) is 22.0 Å². The quantitative estimate of drug-likeness (QED) is 0.386. The van der Waals surface area contributed by atoms with E-state index in [0.29, 0.717) is 33.1 Å². The molecule has 4 aromatic rings. The first-order valence-corrected chi connectivity index (χ1v) is 9.16. The van der Waals surface area contributed by atoms with Gasteiger partial charge in [0, 0.05) is 27.6 Å². The van der Waals surface area contributed by atoms with Crippen LogP contribution in [-0.2, 0) is 0 Å². The molecule has 0 radical (unpaired) electrons. The van der Waals surface area contributed by atoms with Crippen LogP contribution in [0, 0.1) is 17.5 Å². The van der Waals surface area contributed by atoms with Crippen LogP contribution >= 0.6 is 11.6 Å². The number of anilines is 2. The van der Waals surface area contributed by atoms with Gasteiger partial charge in [0.2, 0.25) is 0 Å². The van der Waals surface area contributed by atoms with Crippen LogP contribution in [0.5, 0.6) is 0 Å². The molecule has 0 atom stereocenters. The Morgan fingerprint density at radius 3 is 2.33 bits per heavy atom. The first kappa shape index (κ1) is 19.7. The number of halogens is 4. The van der Waals surface area contributed by atoms with Crippen LogP contribution in [0.1, 0.15) is 0 Å². The highest BCUT2D eigenvalue weighted by atomic mass is 35.5. The van der Waals surface area contributed by atoms with Crippen molar-refractivity contribution in [2.75, 3.05) is 10.6 Å². The van der Waals surface area contributed by atoms with Crippen molar-refractivity contribution in [2.45, 2.75) is 0 Å². The highest BCUT2D eigenvalue weighted by Crippen LogP contribution is 2.38. The number of urea groups is 1. The van der Waals surface area contributed by atoms with Crippen LogP contribution < -0.4 is 10.6 Å². The van der Waals surface area contributed by atoms with Crippen molar-refractivity contribution in [2.24, 2.45) is 0 Å². The standard InChI is InChI=1S/C22H13ClF3N3O/c23-16-4-2-1-3-14(16)21-15-9-12(24)5-7-18(15)27-11-20(21)29-22(30)28-19-8-6-13(25)10-17(19)26/h1-11H,(H2,28,29,30). The Morgan fingerprint density at radius 1 is 0.867 bits per heavy atom. The SMILES string of the molecule is O=C(Nc1ccc(F)cc1F)Nc1cnc2ccc(F)cc2c1-c1ccccc1Cl. The lowest BCUT2D eigenvalue weighted by molar-refractivity contribution is 0.262. The Balaban J connectivity index is 1.78. The second-order valence-electron chi connectivity index (χ2n) is 6.39. The highest BCUT2D eigenvalue weighted by molar-refractivity contribution is 6.34.